The zero-order valence-corrected chi connectivity index (χ0v) is 17.6. The lowest BCUT2D eigenvalue weighted by molar-refractivity contribution is 0.198. The molecule has 7 nitrogen and oxygen atoms in total. The summed E-state index contributed by atoms with van der Waals surface area (Å²) in [5.74, 6) is 2.42. The molecule has 0 spiro atoms. The highest BCUT2D eigenvalue weighted by atomic mass is 16.5. The van der Waals surface area contributed by atoms with Crippen molar-refractivity contribution in [2.75, 3.05) is 51.3 Å². The van der Waals surface area contributed by atoms with Crippen molar-refractivity contribution in [3.63, 3.8) is 0 Å². The average Bonchev–Trinajstić information content (AvgIpc) is 3.49. The van der Waals surface area contributed by atoms with Gasteiger partial charge in [0.2, 0.25) is 0 Å². The van der Waals surface area contributed by atoms with Crippen molar-refractivity contribution in [3.8, 4) is 11.5 Å². The number of hydrogen-bond acceptors (Lipinski definition) is 6. The maximum absolute atomic E-state index is 9.97. The molecule has 2 aliphatic rings. The Morgan fingerprint density at radius 2 is 2.03 bits per heavy atom. The second-order valence-corrected chi connectivity index (χ2v) is 8.37. The Bertz CT molecular complexity index is 1030. The van der Waals surface area contributed by atoms with E-state index in [2.05, 4.69) is 19.8 Å². The largest absolute Gasteiger partial charge is 0.493 e. The lowest BCUT2D eigenvalue weighted by Gasteiger charge is -2.18. The number of hydrogen-bond donors (Lipinski definition) is 2. The molecule has 0 bridgehead atoms. The van der Waals surface area contributed by atoms with Gasteiger partial charge in [0.15, 0.2) is 11.5 Å². The van der Waals surface area contributed by atoms with E-state index >= 15 is 0 Å². The molecule has 2 fully saturated rings. The summed E-state index contributed by atoms with van der Waals surface area (Å²) in [7, 11) is 1.68. The van der Waals surface area contributed by atoms with Crippen LogP contribution in [0.4, 0.5) is 5.82 Å². The number of ether oxygens (including phenoxy) is 2. The van der Waals surface area contributed by atoms with Gasteiger partial charge in [0, 0.05) is 37.3 Å². The number of pyridine rings is 1. The fraction of sp³-hybridized carbons (Fsp3) is 0.522. The van der Waals surface area contributed by atoms with E-state index in [-0.39, 0.29) is 6.10 Å². The smallest absolute Gasteiger partial charge is 0.163 e. The summed E-state index contributed by atoms with van der Waals surface area (Å²) in [6.45, 7) is 5.64. The summed E-state index contributed by atoms with van der Waals surface area (Å²) in [6, 6.07) is 6.07. The third kappa shape index (κ3) is 3.68. The summed E-state index contributed by atoms with van der Waals surface area (Å²) in [6.07, 6.45) is 5.96. The van der Waals surface area contributed by atoms with E-state index < -0.39 is 0 Å². The first-order chi connectivity index (χ1) is 14.7. The van der Waals surface area contributed by atoms with Gasteiger partial charge in [-0.05, 0) is 50.9 Å². The van der Waals surface area contributed by atoms with Gasteiger partial charge in [-0.2, -0.15) is 0 Å². The fourth-order valence-electron chi connectivity index (χ4n) is 4.76. The van der Waals surface area contributed by atoms with Crippen LogP contribution in [0.15, 0.2) is 24.4 Å². The predicted molar refractivity (Wildman–Crippen MR) is 119 cm³/mol. The number of nitrogens with zero attached hydrogens (tertiary/aromatic N) is 3. The number of aromatic nitrogens is 2. The maximum atomic E-state index is 9.97. The number of nitrogens with one attached hydrogen (secondary N) is 1. The predicted octanol–water partition coefficient (Wildman–Crippen LogP) is 3.16. The Kier molecular flexibility index (Phi) is 5.39. The number of fused-ring (bicyclic) bond motifs is 3. The Morgan fingerprint density at radius 3 is 2.80 bits per heavy atom. The molecule has 30 heavy (non-hydrogen) atoms. The van der Waals surface area contributed by atoms with E-state index in [0.717, 1.165) is 65.1 Å². The Morgan fingerprint density at radius 1 is 1.17 bits per heavy atom. The molecule has 0 unspecified atom stereocenters. The van der Waals surface area contributed by atoms with Gasteiger partial charge >= 0.3 is 0 Å². The van der Waals surface area contributed by atoms with Crippen molar-refractivity contribution < 1.29 is 14.6 Å². The van der Waals surface area contributed by atoms with Gasteiger partial charge in [0.25, 0.3) is 0 Å². The third-order valence-corrected chi connectivity index (χ3v) is 6.31. The number of β-amino-alcohol motifs (C(OH)–C–C–N with tert-alkyl or cyclic N) is 1. The van der Waals surface area contributed by atoms with Crippen molar-refractivity contribution in [1.82, 2.24) is 14.9 Å². The molecule has 2 saturated heterocycles. The average molecular weight is 411 g/mol. The molecule has 4 heterocycles. The van der Waals surface area contributed by atoms with Crippen molar-refractivity contribution >= 4 is 27.6 Å². The fourth-order valence-corrected chi connectivity index (χ4v) is 4.76. The summed E-state index contributed by atoms with van der Waals surface area (Å²) >= 11 is 0. The van der Waals surface area contributed by atoms with Gasteiger partial charge in [-0.15, -0.1) is 0 Å². The number of aliphatic hydroxyl groups excluding tert-OH is 1. The monoisotopic (exact) mass is 410 g/mol. The van der Waals surface area contributed by atoms with Gasteiger partial charge in [-0.25, -0.2) is 4.98 Å². The minimum Gasteiger partial charge on any atom is -0.493 e. The molecule has 1 atom stereocenters. The highest BCUT2D eigenvalue weighted by Gasteiger charge is 2.24. The highest BCUT2D eigenvalue weighted by molar-refractivity contribution is 6.13. The molecule has 2 N–H and O–H groups in total. The molecule has 160 valence electrons. The SMILES string of the molecule is COc1cc2c(cc1OCCCN1CCCC1)[nH]c1ccnc(N3CC[C@@H](O)C3)c12. The van der Waals surface area contributed by atoms with E-state index in [1.807, 2.05) is 24.4 Å². The van der Waals surface area contributed by atoms with E-state index in [9.17, 15) is 5.11 Å². The zero-order chi connectivity index (χ0) is 20.5. The lowest BCUT2D eigenvalue weighted by atomic mass is 10.1. The topological polar surface area (TPSA) is 73.9 Å². The van der Waals surface area contributed by atoms with Crippen LogP contribution in [0.3, 0.4) is 0 Å². The first kappa shape index (κ1) is 19.5. The molecule has 0 amide bonds. The van der Waals surface area contributed by atoms with Gasteiger partial charge in [-0.3, -0.25) is 0 Å². The Balaban J connectivity index is 1.42. The number of likely N-dealkylation sites (tertiary alicyclic amines) is 1. The second kappa shape index (κ2) is 8.32. The van der Waals surface area contributed by atoms with E-state index in [0.29, 0.717) is 13.2 Å². The molecular formula is C23H30N4O3. The minimum atomic E-state index is -0.289. The Hall–Kier alpha value is -2.51. The molecule has 3 aromatic rings. The van der Waals surface area contributed by atoms with Crippen molar-refractivity contribution in [3.05, 3.63) is 24.4 Å². The second-order valence-electron chi connectivity index (χ2n) is 8.37. The number of aromatic amines is 1. The molecular weight excluding hydrogens is 380 g/mol. The number of H-pyrrole nitrogens is 1. The molecule has 0 saturated carbocycles. The molecule has 2 aromatic heterocycles. The van der Waals surface area contributed by atoms with E-state index in [1.54, 1.807) is 7.11 Å². The standard InChI is InChI=1S/C23H30N4O3/c1-29-20-13-17-19(14-21(20)30-12-4-10-26-8-2-3-9-26)25-18-5-7-24-23(22(17)18)27-11-6-16(28)15-27/h5,7,13-14,16,25,28H,2-4,6,8-12,15H2,1H3/t16-/m1/s1. The first-order valence-electron chi connectivity index (χ1n) is 11.0. The van der Waals surface area contributed by atoms with Crippen LogP contribution < -0.4 is 14.4 Å². The molecule has 0 radical (unpaired) electrons. The molecule has 2 aliphatic heterocycles. The molecule has 7 heteroatoms. The van der Waals surface area contributed by atoms with Crippen LogP contribution in [0.2, 0.25) is 0 Å². The quantitative estimate of drug-likeness (QED) is 0.583. The van der Waals surface area contributed by atoms with E-state index in [1.165, 1.54) is 25.9 Å². The van der Waals surface area contributed by atoms with Crippen molar-refractivity contribution in [1.29, 1.82) is 0 Å². The molecule has 1 aromatic carbocycles. The molecule has 5 rings (SSSR count). The van der Waals surface area contributed by atoms with Gasteiger partial charge < -0.3 is 29.4 Å². The summed E-state index contributed by atoms with van der Waals surface area (Å²) in [4.78, 5) is 12.8. The molecule has 0 aliphatic carbocycles. The lowest BCUT2D eigenvalue weighted by Crippen LogP contribution is -2.22. The number of anilines is 1. The van der Waals surface area contributed by atoms with Crippen LogP contribution in [-0.4, -0.2) is 72.5 Å². The number of benzene rings is 1. The van der Waals surface area contributed by atoms with Gasteiger partial charge in [-0.1, -0.05) is 0 Å². The number of rotatable bonds is 7. The summed E-state index contributed by atoms with van der Waals surface area (Å²) < 4.78 is 11.8. The van der Waals surface area contributed by atoms with Crippen molar-refractivity contribution in [2.45, 2.75) is 31.8 Å². The number of aliphatic hydroxyl groups is 1. The van der Waals surface area contributed by atoms with E-state index in [4.69, 9.17) is 9.47 Å². The van der Waals surface area contributed by atoms with Gasteiger partial charge in [0.05, 0.1) is 36.2 Å². The van der Waals surface area contributed by atoms with Crippen LogP contribution in [0.1, 0.15) is 25.7 Å². The normalized spacial score (nSPS) is 19.9. The minimum absolute atomic E-state index is 0.289. The summed E-state index contributed by atoms with van der Waals surface area (Å²) in [5, 5.41) is 12.1. The van der Waals surface area contributed by atoms with Crippen LogP contribution in [0, 0.1) is 0 Å². The third-order valence-electron chi connectivity index (χ3n) is 6.31. The first-order valence-corrected chi connectivity index (χ1v) is 11.0. The zero-order valence-electron chi connectivity index (χ0n) is 17.6. The summed E-state index contributed by atoms with van der Waals surface area (Å²) in [5.41, 5.74) is 2.04. The van der Waals surface area contributed by atoms with Crippen LogP contribution in [0.5, 0.6) is 11.5 Å². The van der Waals surface area contributed by atoms with Crippen LogP contribution in [0.25, 0.3) is 21.8 Å². The van der Waals surface area contributed by atoms with Crippen LogP contribution in [-0.2, 0) is 0 Å². The highest BCUT2D eigenvalue weighted by Crippen LogP contribution is 2.39. The van der Waals surface area contributed by atoms with Crippen LogP contribution >= 0.6 is 0 Å². The number of methoxy groups -OCH3 is 1. The maximum Gasteiger partial charge on any atom is 0.163 e. The Labute approximate surface area is 176 Å². The van der Waals surface area contributed by atoms with Gasteiger partial charge in [0.1, 0.15) is 5.82 Å². The van der Waals surface area contributed by atoms with Crippen molar-refractivity contribution in [2.24, 2.45) is 0 Å².